The zero-order chi connectivity index (χ0) is 14.7. The van der Waals surface area contributed by atoms with Gasteiger partial charge in [0.15, 0.2) is 5.65 Å². The topological polar surface area (TPSA) is 63.1 Å². The Morgan fingerprint density at radius 3 is 2.90 bits per heavy atom. The van der Waals surface area contributed by atoms with Gasteiger partial charge in [-0.1, -0.05) is 11.6 Å². The molecule has 0 saturated heterocycles. The largest absolute Gasteiger partial charge is 0.336 e. The zero-order valence-corrected chi connectivity index (χ0v) is 12.7. The Morgan fingerprint density at radius 1 is 1.50 bits per heavy atom. The fraction of sp³-hybridized carbons (Fsp3) is 0.417. The summed E-state index contributed by atoms with van der Waals surface area (Å²) in [6.45, 7) is 1.02. The molecule has 8 heteroatoms. The lowest BCUT2D eigenvalue weighted by Gasteiger charge is -2.13. The van der Waals surface area contributed by atoms with Crippen molar-refractivity contribution in [3.63, 3.8) is 0 Å². The van der Waals surface area contributed by atoms with Crippen molar-refractivity contribution in [3.8, 4) is 0 Å². The lowest BCUT2D eigenvalue weighted by atomic mass is 10.4. The molecule has 0 radical (unpaired) electrons. The van der Waals surface area contributed by atoms with Crippen LogP contribution >= 0.6 is 23.2 Å². The van der Waals surface area contributed by atoms with Gasteiger partial charge in [-0.3, -0.25) is 0 Å². The van der Waals surface area contributed by atoms with E-state index in [9.17, 15) is 4.79 Å². The summed E-state index contributed by atoms with van der Waals surface area (Å²) in [6.07, 6.45) is 1.57. The second-order valence-electron chi connectivity index (χ2n) is 4.44. The van der Waals surface area contributed by atoms with Crippen LogP contribution in [0.5, 0.6) is 0 Å². The Bertz CT molecular complexity index is 626. The van der Waals surface area contributed by atoms with Gasteiger partial charge in [-0.15, -0.1) is 11.6 Å². The predicted octanol–water partition coefficient (Wildman–Crippen LogP) is 2.09. The molecule has 1 N–H and O–H groups in total. The number of nitrogens with zero attached hydrogens (tertiary/aromatic N) is 4. The highest BCUT2D eigenvalue weighted by atomic mass is 35.5. The highest BCUT2D eigenvalue weighted by molar-refractivity contribution is 6.31. The molecule has 0 fully saturated rings. The third kappa shape index (κ3) is 3.13. The third-order valence-corrected chi connectivity index (χ3v) is 3.21. The van der Waals surface area contributed by atoms with E-state index in [1.54, 1.807) is 26.4 Å². The van der Waals surface area contributed by atoms with Gasteiger partial charge in [0.05, 0.1) is 10.9 Å². The standard InChI is InChI=1S/C12H15Cl2N5O/c1-18(2)12(20)15-3-4-19-10(6-13)17-9-5-8(14)7-16-11(9)19/h5,7H,3-4,6H2,1-2H3,(H,15,20). The lowest BCUT2D eigenvalue weighted by Crippen LogP contribution is -2.36. The molecule has 0 aliphatic heterocycles. The van der Waals surface area contributed by atoms with Crippen LogP contribution in [0.2, 0.25) is 5.02 Å². The van der Waals surface area contributed by atoms with Gasteiger partial charge < -0.3 is 14.8 Å². The first-order valence-electron chi connectivity index (χ1n) is 6.04. The average Bonchev–Trinajstić information content (AvgIpc) is 2.75. The van der Waals surface area contributed by atoms with Crippen LogP contribution in [0.4, 0.5) is 4.79 Å². The fourth-order valence-corrected chi connectivity index (χ4v) is 2.16. The molecule has 0 aromatic carbocycles. The molecule has 2 aromatic rings. The predicted molar refractivity (Wildman–Crippen MR) is 79.2 cm³/mol. The number of imidazole rings is 1. The molecule has 0 atom stereocenters. The first-order valence-corrected chi connectivity index (χ1v) is 6.96. The Hall–Kier alpha value is -1.53. The number of amides is 2. The molecule has 0 unspecified atom stereocenters. The van der Waals surface area contributed by atoms with Crippen LogP contribution in [0.3, 0.4) is 0 Å². The van der Waals surface area contributed by atoms with Crippen molar-refractivity contribution in [2.75, 3.05) is 20.6 Å². The highest BCUT2D eigenvalue weighted by Crippen LogP contribution is 2.18. The van der Waals surface area contributed by atoms with Crippen LogP contribution in [0.15, 0.2) is 12.3 Å². The van der Waals surface area contributed by atoms with E-state index in [0.717, 1.165) is 0 Å². The summed E-state index contributed by atoms with van der Waals surface area (Å²) in [5, 5.41) is 3.32. The van der Waals surface area contributed by atoms with Gasteiger partial charge in [-0.25, -0.2) is 14.8 Å². The maximum absolute atomic E-state index is 11.5. The second kappa shape index (κ2) is 6.28. The van der Waals surface area contributed by atoms with Crippen LogP contribution < -0.4 is 5.32 Å². The monoisotopic (exact) mass is 315 g/mol. The van der Waals surface area contributed by atoms with E-state index in [0.29, 0.717) is 35.1 Å². The molecule has 2 rings (SSSR count). The first kappa shape index (κ1) is 14.9. The van der Waals surface area contributed by atoms with Crippen LogP contribution in [0, 0.1) is 0 Å². The molecular formula is C12H15Cl2N5O. The minimum absolute atomic E-state index is 0.141. The quantitative estimate of drug-likeness (QED) is 0.879. The lowest BCUT2D eigenvalue weighted by molar-refractivity contribution is 0.217. The molecule has 0 bridgehead atoms. The van der Waals surface area contributed by atoms with Crippen LogP contribution in [0.1, 0.15) is 5.82 Å². The van der Waals surface area contributed by atoms with E-state index in [-0.39, 0.29) is 11.9 Å². The number of fused-ring (bicyclic) bond motifs is 1. The summed E-state index contributed by atoms with van der Waals surface area (Å²) in [6, 6.07) is 1.60. The number of carbonyl (C=O) groups excluding carboxylic acids is 1. The number of urea groups is 1. The van der Waals surface area contributed by atoms with Crippen molar-refractivity contribution in [1.29, 1.82) is 0 Å². The van der Waals surface area contributed by atoms with Gasteiger partial charge in [0.1, 0.15) is 11.3 Å². The summed E-state index contributed by atoms with van der Waals surface area (Å²) in [5.74, 6) is 0.978. The minimum Gasteiger partial charge on any atom is -0.336 e. The smallest absolute Gasteiger partial charge is 0.316 e. The Labute approximate surface area is 126 Å². The fourth-order valence-electron chi connectivity index (χ4n) is 1.80. The highest BCUT2D eigenvalue weighted by Gasteiger charge is 2.12. The van der Waals surface area contributed by atoms with Gasteiger partial charge in [0.25, 0.3) is 0 Å². The number of alkyl halides is 1. The van der Waals surface area contributed by atoms with E-state index in [1.165, 1.54) is 4.90 Å². The number of hydrogen-bond acceptors (Lipinski definition) is 3. The van der Waals surface area contributed by atoms with Crippen molar-refractivity contribution in [3.05, 3.63) is 23.1 Å². The molecule has 0 spiro atoms. The van der Waals surface area contributed by atoms with E-state index < -0.39 is 0 Å². The number of aromatic nitrogens is 3. The molecule has 20 heavy (non-hydrogen) atoms. The molecule has 2 aromatic heterocycles. The maximum Gasteiger partial charge on any atom is 0.316 e. The minimum atomic E-state index is -0.141. The second-order valence-corrected chi connectivity index (χ2v) is 5.14. The summed E-state index contributed by atoms with van der Waals surface area (Å²) in [7, 11) is 3.38. The SMILES string of the molecule is CN(C)C(=O)NCCn1c(CCl)nc2cc(Cl)cnc21. The van der Waals surface area contributed by atoms with Crippen molar-refractivity contribution >= 4 is 40.4 Å². The van der Waals surface area contributed by atoms with Gasteiger partial charge in [0, 0.05) is 33.4 Å². The maximum atomic E-state index is 11.5. The van der Waals surface area contributed by atoms with E-state index in [1.807, 2.05) is 4.57 Å². The summed E-state index contributed by atoms with van der Waals surface area (Å²) in [4.78, 5) is 21.6. The number of pyridine rings is 1. The van der Waals surface area contributed by atoms with Crippen LogP contribution in [-0.2, 0) is 12.4 Å². The van der Waals surface area contributed by atoms with Crippen LogP contribution in [0.25, 0.3) is 11.2 Å². The first-order chi connectivity index (χ1) is 9.52. The normalized spacial score (nSPS) is 10.8. The molecule has 0 saturated carbocycles. The van der Waals surface area contributed by atoms with Crippen molar-refractivity contribution in [2.24, 2.45) is 0 Å². The Kier molecular flexibility index (Phi) is 4.67. The average molecular weight is 316 g/mol. The molecule has 0 aliphatic carbocycles. The van der Waals surface area contributed by atoms with Crippen molar-refractivity contribution in [2.45, 2.75) is 12.4 Å². The Balaban J connectivity index is 2.18. The number of hydrogen-bond donors (Lipinski definition) is 1. The summed E-state index contributed by atoms with van der Waals surface area (Å²) >= 11 is 11.8. The van der Waals surface area contributed by atoms with E-state index >= 15 is 0 Å². The van der Waals surface area contributed by atoms with Crippen LogP contribution in [-0.4, -0.2) is 46.1 Å². The Morgan fingerprint density at radius 2 is 2.25 bits per heavy atom. The number of carbonyl (C=O) groups is 1. The third-order valence-electron chi connectivity index (χ3n) is 2.77. The van der Waals surface area contributed by atoms with Gasteiger partial charge in [-0.2, -0.15) is 0 Å². The van der Waals surface area contributed by atoms with Gasteiger partial charge in [0.2, 0.25) is 0 Å². The van der Waals surface area contributed by atoms with Gasteiger partial charge >= 0.3 is 6.03 Å². The summed E-state index contributed by atoms with van der Waals surface area (Å²) < 4.78 is 1.88. The number of halogens is 2. The van der Waals surface area contributed by atoms with Gasteiger partial charge in [-0.05, 0) is 6.07 Å². The van der Waals surface area contributed by atoms with Crippen molar-refractivity contribution < 1.29 is 4.79 Å². The van der Waals surface area contributed by atoms with E-state index in [2.05, 4.69) is 15.3 Å². The zero-order valence-electron chi connectivity index (χ0n) is 11.2. The molecule has 2 heterocycles. The molecule has 2 amide bonds. The number of nitrogens with one attached hydrogen (secondary N) is 1. The summed E-state index contributed by atoms with van der Waals surface area (Å²) in [5.41, 5.74) is 1.41. The van der Waals surface area contributed by atoms with E-state index in [4.69, 9.17) is 23.2 Å². The molecular weight excluding hydrogens is 301 g/mol. The molecule has 108 valence electrons. The van der Waals surface area contributed by atoms with Crippen molar-refractivity contribution in [1.82, 2.24) is 24.8 Å². The molecule has 6 nitrogen and oxygen atoms in total. The number of rotatable bonds is 4. The molecule has 0 aliphatic rings.